The quantitative estimate of drug-likeness (QED) is 0.270. The van der Waals surface area contributed by atoms with Crippen LogP contribution in [0.25, 0.3) is 0 Å². The molecule has 1 aromatic rings. The number of nitrogens with zero attached hydrogens (tertiary/aromatic N) is 1. The average Bonchev–Trinajstić information content (AvgIpc) is 2.46. The van der Waals surface area contributed by atoms with Gasteiger partial charge in [-0.15, -0.1) is 0 Å². The largest absolute Gasteiger partial charge is 0.507 e. The molecule has 1 aromatic carbocycles. The van der Waals surface area contributed by atoms with Gasteiger partial charge in [0.1, 0.15) is 5.75 Å². The molecule has 1 rings (SSSR count). The van der Waals surface area contributed by atoms with Crippen molar-refractivity contribution < 1.29 is 29.1 Å². The topological polar surface area (TPSA) is 116 Å². The average molecular weight is 311 g/mol. The van der Waals surface area contributed by atoms with Crippen molar-refractivity contribution in [3.63, 3.8) is 0 Å². The van der Waals surface area contributed by atoms with Crippen LogP contribution >= 0.6 is 0 Å². The first-order valence-electron chi connectivity index (χ1n) is 6.71. The van der Waals surface area contributed by atoms with Crippen molar-refractivity contribution in [3.8, 4) is 11.5 Å². The molecule has 0 amide bonds. The standard InChI is InChI=1S/C14H17NO7/c1-3-4-5-6-11(17)22-13-9(15(19)20)7-8-10(16)12(13)14(18)21-2/h7-8,16H,3-6H2,1-2H3. The smallest absolute Gasteiger partial charge is 0.345 e. The zero-order chi connectivity index (χ0) is 16.7. The minimum absolute atomic E-state index is 0.0568. The molecule has 0 saturated heterocycles. The number of rotatable bonds is 7. The number of benzene rings is 1. The summed E-state index contributed by atoms with van der Waals surface area (Å²) in [4.78, 5) is 33.6. The lowest BCUT2D eigenvalue weighted by atomic mass is 10.1. The van der Waals surface area contributed by atoms with Gasteiger partial charge in [0.15, 0.2) is 5.56 Å². The molecule has 0 atom stereocenters. The molecule has 0 fully saturated rings. The molecular weight excluding hydrogens is 294 g/mol. The maximum Gasteiger partial charge on any atom is 0.345 e. The number of nitro groups is 1. The summed E-state index contributed by atoms with van der Waals surface area (Å²) in [6.45, 7) is 1.96. The molecule has 0 saturated carbocycles. The number of ether oxygens (including phenoxy) is 2. The van der Waals surface area contributed by atoms with Crippen LogP contribution in [-0.2, 0) is 9.53 Å². The van der Waals surface area contributed by atoms with Gasteiger partial charge in [0, 0.05) is 12.5 Å². The summed E-state index contributed by atoms with van der Waals surface area (Å²) >= 11 is 0. The lowest BCUT2D eigenvalue weighted by molar-refractivity contribution is -0.385. The summed E-state index contributed by atoms with van der Waals surface area (Å²) < 4.78 is 9.41. The van der Waals surface area contributed by atoms with Gasteiger partial charge in [-0.25, -0.2) is 4.79 Å². The summed E-state index contributed by atoms with van der Waals surface area (Å²) in [5.41, 5.74) is -1.14. The number of methoxy groups -OCH3 is 1. The Morgan fingerprint density at radius 3 is 2.55 bits per heavy atom. The number of nitro benzene ring substituents is 1. The molecular formula is C14H17NO7. The van der Waals surface area contributed by atoms with E-state index in [2.05, 4.69) is 4.74 Å². The van der Waals surface area contributed by atoms with Gasteiger partial charge >= 0.3 is 17.6 Å². The number of phenolic OH excluding ortho intramolecular Hbond substituents is 1. The number of carbonyl (C=O) groups is 2. The van der Waals surface area contributed by atoms with Gasteiger partial charge in [0.2, 0.25) is 5.75 Å². The Kier molecular flexibility index (Phi) is 6.30. The summed E-state index contributed by atoms with van der Waals surface area (Å²) in [7, 11) is 1.05. The van der Waals surface area contributed by atoms with E-state index in [9.17, 15) is 24.8 Å². The molecule has 0 aliphatic heterocycles. The van der Waals surface area contributed by atoms with Gasteiger partial charge in [-0.05, 0) is 12.5 Å². The van der Waals surface area contributed by atoms with E-state index in [0.29, 0.717) is 6.42 Å². The molecule has 8 nitrogen and oxygen atoms in total. The van der Waals surface area contributed by atoms with E-state index < -0.39 is 39.6 Å². The van der Waals surface area contributed by atoms with Crippen molar-refractivity contribution in [2.75, 3.05) is 7.11 Å². The summed E-state index contributed by atoms with van der Waals surface area (Å²) in [5.74, 6) is -2.91. The van der Waals surface area contributed by atoms with Crippen molar-refractivity contribution in [2.24, 2.45) is 0 Å². The second kappa shape index (κ2) is 7.96. The maximum atomic E-state index is 11.8. The zero-order valence-electron chi connectivity index (χ0n) is 12.3. The number of hydrogen-bond donors (Lipinski definition) is 1. The molecule has 0 aromatic heterocycles. The molecule has 8 heteroatoms. The van der Waals surface area contributed by atoms with Gasteiger partial charge in [0.25, 0.3) is 0 Å². The number of esters is 2. The molecule has 0 bridgehead atoms. The van der Waals surface area contributed by atoms with Gasteiger partial charge < -0.3 is 14.6 Å². The molecule has 1 N–H and O–H groups in total. The maximum absolute atomic E-state index is 11.8. The summed E-state index contributed by atoms with van der Waals surface area (Å²) in [6, 6.07) is 1.93. The van der Waals surface area contributed by atoms with Gasteiger partial charge in [-0.1, -0.05) is 19.8 Å². The van der Waals surface area contributed by atoms with Crippen LogP contribution in [-0.4, -0.2) is 29.1 Å². The highest BCUT2D eigenvalue weighted by atomic mass is 16.6. The van der Waals surface area contributed by atoms with Crippen molar-refractivity contribution in [1.82, 2.24) is 0 Å². The first kappa shape index (κ1) is 17.4. The number of hydrogen-bond acceptors (Lipinski definition) is 7. The van der Waals surface area contributed by atoms with E-state index in [1.807, 2.05) is 6.92 Å². The van der Waals surface area contributed by atoms with E-state index in [1.54, 1.807) is 0 Å². The highest BCUT2D eigenvalue weighted by Gasteiger charge is 2.29. The minimum atomic E-state index is -1.03. The Labute approximate surface area is 126 Å². The summed E-state index contributed by atoms with van der Waals surface area (Å²) in [5, 5.41) is 20.7. The van der Waals surface area contributed by atoms with Crippen LogP contribution in [0.2, 0.25) is 0 Å². The first-order chi connectivity index (χ1) is 10.4. The molecule has 0 spiro atoms. The molecule has 0 unspecified atom stereocenters. The lowest BCUT2D eigenvalue weighted by Gasteiger charge is -2.10. The van der Waals surface area contributed by atoms with Gasteiger partial charge in [0.05, 0.1) is 12.0 Å². The van der Waals surface area contributed by atoms with Crippen LogP contribution in [0, 0.1) is 10.1 Å². The third-order valence-corrected chi connectivity index (χ3v) is 2.90. The van der Waals surface area contributed by atoms with Crippen LogP contribution in [0.1, 0.15) is 43.0 Å². The SMILES string of the molecule is CCCCCC(=O)Oc1c([N+](=O)[O-])ccc(O)c1C(=O)OC. The number of phenols is 1. The third kappa shape index (κ3) is 4.18. The lowest BCUT2D eigenvalue weighted by Crippen LogP contribution is -2.13. The van der Waals surface area contributed by atoms with Crippen LogP contribution in [0.3, 0.4) is 0 Å². The Morgan fingerprint density at radius 1 is 1.32 bits per heavy atom. The Balaban J connectivity index is 3.18. The first-order valence-corrected chi connectivity index (χ1v) is 6.71. The van der Waals surface area contributed by atoms with Crippen molar-refractivity contribution in [2.45, 2.75) is 32.6 Å². The van der Waals surface area contributed by atoms with E-state index in [0.717, 1.165) is 32.1 Å². The van der Waals surface area contributed by atoms with Crippen LogP contribution in [0.15, 0.2) is 12.1 Å². The van der Waals surface area contributed by atoms with Crippen LogP contribution in [0.5, 0.6) is 11.5 Å². The fraction of sp³-hybridized carbons (Fsp3) is 0.429. The van der Waals surface area contributed by atoms with Gasteiger partial charge in [-0.3, -0.25) is 14.9 Å². The van der Waals surface area contributed by atoms with E-state index in [-0.39, 0.29) is 6.42 Å². The summed E-state index contributed by atoms with van der Waals surface area (Å²) in [6.07, 6.45) is 2.32. The highest BCUT2D eigenvalue weighted by Crippen LogP contribution is 2.37. The second-order valence-corrected chi connectivity index (χ2v) is 4.49. The highest BCUT2D eigenvalue weighted by molar-refractivity contribution is 5.98. The minimum Gasteiger partial charge on any atom is -0.507 e. The zero-order valence-corrected chi connectivity index (χ0v) is 12.3. The second-order valence-electron chi connectivity index (χ2n) is 4.49. The monoisotopic (exact) mass is 311 g/mol. The molecule has 0 heterocycles. The predicted octanol–water partition coefficient (Wildman–Crippen LogP) is 2.57. The number of carbonyl (C=O) groups excluding carboxylic acids is 2. The molecule has 0 radical (unpaired) electrons. The Bertz CT molecular complexity index is 583. The Morgan fingerprint density at radius 2 is 2.00 bits per heavy atom. The fourth-order valence-electron chi connectivity index (χ4n) is 1.79. The predicted molar refractivity (Wildman–Crippen MR) is 75.9 cm³/mol. The number of aromatic hydroxyl groups is 1. The van der Waals surface area contributed by atoms with Crippen LogP contribution < -0.4 is 4.74 Å². The third-order valence-electron chi connectivity index (χ3n) is 2.90. The van der Waals surface area contributed by atoms with E-state index in [4.69, 9.17) is 4.74 Å². The Hall–Kier alpha value is -2.64. The fourth-order valence-corrected chi connectivity index (χ4v) is 1.79. The number of unbranched alkanes of at least 4 members (excludes halogenated alkanes) is 2. The van der Waals surface area contributed by atoms with E-state index in [1.165, 1.54) is 0 Å². The van der Waals surface area contributed by atoms with Crippen LogP contribution in [0.4, 0.5) is 5.69 Å². The van der Waals surface area contributed by atoms with Crippen molar-refractivity contribution in [1.29, 1.82) is 0 Å². The normalized spacial score (nSPS) is 10.1. The molecule has 0 aliphatic rings. The van der Waals surface area contributed by atoms with E-state index >= 15 is 0 Å². The molecule has 0 aliphatic carbocycles. The van der Waals surface area contributed by atoms with Gasteiger partial charge in [-0.2, -0.15) is 0 Å². The molecule has 22 heavy (non-hydrogen) atoms. The van der Waals surface area contributed by atoms with Crippen molar-refractivity contribution >= 4 is 17.6 Å². The van der Waals surface area contributed by atoms with Crippen molar-refractivity contribution in [3.05, 3.63) is 27.8 Å². The molecule has 120 valence electrons.